The predicted octanol–water partition coefficient (Wildman–Crippen LogP) is 5.04. The van der Waals surface area contributed by atoms with E-state index in [1.165, 1.54) is 36.8 Å². The molecule has 0 unspecified atom stereocenters. The second kappa shape index (κ2) is 8.80. The van der Waals surface area contributed by atoms with E-state index >= 15 is 0 Å². The van der Waals surface area contributed by atoms with Gasteiger partial charge in [0.05, 0.1) is 0 Å². The van der Waals surface area contributed by atoms with E-state index in [1.807, 2.05) is 0 Å². The van der Waals surface area contributed by atoms with Crippen LogP contribution in [-0.2, 0) is 0 Å². The van der Waals surface area contributed by atoms with Crippen LogP contribution in [0.1, 0.15) is 52.9 Å². The molecule has 0 N–H and O–H groups in total. The summed E-state index contributed by atoms with van der Waals surface area (Å²) in [6.07, 6.45) is 12.8. The van der Waals surface area contributed by atoms with Crippen LogP contribution in [-0.4, -0.2) is 0 Å². The number of hydrogen-bond acceptors (Lipinski definition) is 0. The fourth-order valence-corrected chi connectivity index (χ4v) is 1.21. The molecule has 0 bridgehead atoms. The SMILES string of the molecule is C=C(/C=C\C(C)=C/C)CCCCCC. The lowest BCUT2D eigenvalue weighted by atomic mass is 10.1. The minimum absolute atomic E-state index is 1.15. The van der Waals surface area contributed by atoms with Gasteiger partial charge >= 0.3 is 0 Å². The monoisotopic (exact) mass is 192 g/mol. The van der Waals surface area contributed by atoms with Crippen LogP contribution in [0.15, 0.2) is 36.0 Å². The van der Waals surface area contributed by atoms with Crippen molar-refractivity contribution in [2.75, 3.05) is 0 Å². The molecular formula is C14H24. The molecule has 0 aromatic rings. The van der Waals surface area contributed by atoms with Gasteiger partial charge in [-0.05, 0) is 26.7 Å². The molecule has 14 heavy (non-hydrogen) atoms. The Balaban J connectivity index is 3.60. The second-order valence-corrected chi connectivity index (χ2v) is 3.83. The van der Waals surface area contributed by atoms with Crippen molar-refractivity contribution in [3.8, 4) is 0 Å². The maximum Gasteiger partial charge on any atom is -0.0285 e. The molecule has 0 fully saturated rings. The third-order valence-electron chi connectivity index (χ3n) is 2.39. The quantitative estimate of drug-likeness (QED) is 0.392. The molecule has 0 aliphatic carbocycles. The van der Waals surface area contributed by atoms with Crippen LogP contribution >= 0.6 is 0 Å². The van der Waals surface area contributed by atoms with Crippen LogP contribution in [0.4, 0.5) is 0 Å². The van der Waals surface area contributed by atoms with E-state index in [4.69, 9.17) is 0 Å². The molecule has 0 rings (SSSR count). The summed E-state index contributed by atoms with van der Waals surface area (Å²) in [4.78, 5) is 0. The smallest absolute Gasteiger partial charge is 0.0285 e. The van der Waals surface area contributed by atoms with Crippen LogP contribution in [0.5, 0.6) is 0 Å². The highest BCUT2D eigenvalue weighted by molar-refractivity contribution is 5.24. The van der Waals surface area contributed by atoms with Gasteiger partial charge in [0.1, 0.15) is 0 Å². The van der Waals surface area contributed by atoms with Gasteiger partial charge in [-0.25, -0.2) is 0 Å². The Morgan fingerprint density at radius 3 is 2.43 bits per heavy atom. The Morgan fingerprint density at radius 1 is 1.14 bits per heavy atom. The molecule has 0 radical (unpaired) electrons. The van der Waals surface area contributed by atoms with E-state index in [0.717, 1.165) is 6.42 Å². The molecule has 0 heterocycles. The van der Waals surface area contributed by atoms with Crippen LogP contribution in [0.2, 0.25) is 0 Å². The van der Waals surface area contributed by atoms with E-state index in [-0.39, 0.29) is 0 Å². The van der Waals surface area contributed by atoms with E-state index < -0.39 is 0 Å². The third kappa shape index (κ3) is 7.85. The molecule has 0 saturated carbocycles. The summed E-state index contributed by atoms with van der Waals surface area (Å²) in [5.74, 6) is 0. The van der Waals surface area contributed by atoms with Crippen LogP contribution in [0.3, 0.4) is 0 Å². The van der Waals surface area contributed by atoms with Gasteiger partial charge in [0, 0.05) is 0 Å². The highest BCUT2D eigenvalue weighted by Gasteiger charge is 1.90. The summed E-state index contributed by atoms with van der Waals surface area (Å²) in [5, 5.41) is 0. The molecule has 0 aliphatic rings. The van der Waals surface area contributed by atoms with Gasteiger partial charge in [-0.3, -0.25) is 0 Å². The highest BCUT2D eigenvalue weighted by atomic mass is 14.0. The molecule has 80 valence electrons. The van der Waals surface area contributed by atoms with Crippen molar-refractivity contribution >= 4 is 0 Å². The molecule has 0 aromatic heterocycles. The minimum Gasteiger partial charge on any atom is -0.0958 e. The molecular weight excluding hydrogens is 168 g/mol. The van der Waals surface area contributed by atoms with Gasteiger partial charge in [0.15, 0.2) is 0 Å². The molecule has 0 aliphatic heterocycles. The lowest BCUT2D eigenvalue weighted by Gasteiger charge is -1.99. The van der Waals surface area contributed by atoms with Gasteiger partial charge < -0.3 is 0 Å². The Kier molecular flexibility index (Phi) is 8.31. The number of rotatable bonds is 7. The van der Waals surface area contributed by atoms with Crippen molar-refractivity contribution in [3.63, 3.8) is 0 Å². The van der Waals surface area contributed by atoms with E-state index in [1.54, 1.807) is 0 Å². The average molecular weight is 192 g/mol. The normalized spacial score (nSPS) is 12.4. The summed E-state index contributed by atoms with van der Waals surface area (Å²) in [5.41, 5.74) is 2.56. The summed E-state index contributed by atoms with van der Waals surface area (Å²) in [6.45, 7) is 10.5. The zero-order chi connectivity index (χ0) is 10.8. The topological polar surface area (TPSA) is 0 Å². The zero-order valence-corrected chi connectivity index (χ0v) is 9.97. The first kappa shape index (κ1) is 13.2. The minimum atomic E-state index is 1.15. The molecule has 0 atom stereocenters. The van der Waals surface area contributed by atoms with E-state index in [2.05, 4.69) is 45.6 Å². The molecule has 0 amide bonds. The first-order valence-electron chi connectivity index (χ1n) is 5.69. The Bertz CT molecular complexity index is 206. The molecule has 0 heteroatoms. The van der Waals surface area contributed by atoms with Gasteiger partial charge in [0.2, 0.25) is 0 Å². The number of unbranched alkanes of at least 4 members (excludes halogenated alkanes) is 3. The molecule has 0 spiro atoms. The largest absolute Gasteiger partial charge is 0.0958 e. The van der Waals surface area contributed by atoms with Crippen LogP contribution in [0.25, 0.3) is 0 Å². The molecule has 0 nitrogen and oxygen atoms in total. The van der Waals surface area contributed by atoms with Crippen LogP contribution < -0.4 is 0 Å². The zero-order valence-electron chi connectivity index (χ0n) is 9.97. The van der Waals surface area contributed by atoms with Crippen LogP contribution in [0, 0.1) is 0 Å². The predicted molar refractivity (Wildman–Crippen MR) is 66.5 cm³/mol. The molecule has 0 aromatic carbocycles. The Morgan fingerprint density at radius 2 is 1.86 bits per heavy atom. The summed E-state index contributed by atoms with van der Waals surface area (Å²) < 4.78 is 0. The van der Waals surface area contributed by atoms with Crippen molar-refractivity contribution in [1.29, 1.82) is 0 Å². The van der Waals surface area contributed by atoms with E-state index in [0.29, 0.717) is 0 Å². The van der Waals surface area contributed by atoms with Gasteiger partial charge in [-0.15, -0.1) is 0 Å². The van der Waals surface area contributed by atoms with Crippen molar-refractivity contribution < 1.29 is 0 Å². The second-order valence-electron chi connectivity index (χ2n) is 3.83. The number of hydrogen-bond donors (Lipinski definition) is 0. The number of allylic oxidation sites excluding steroid dienone is 5. The highest BCUT2D eigenvalue weighted by Crippen LogP contribution is 2.10. The average Bonchev–Trinajstić information content (AvgIpc) is 2.21. The first-order chi connectivity index (χ1) is 6.70. The lowest BCUT2D eigenvalue weighted by molar-refractivity contribution is 0.668. The summed E-state index contributed by atoms with van der Waals surface area (Å²) in [7, 11) is 0. The maximum absolute atomic E-state index is 4.04. The Labute approximate surface area is 89.4 Å². The first-order valence-corrected chi connectivity index (χ1v) is 5.69. The van der Waals surface area contributed by atoms with Gasteiger partial charge in [0.25, 0.3) is 0 Å². The van der Waals surface area contributed by atoms with Crippen molar-refractivity contribution in [2.45, 2.75) is 52.9 Å². The lowest BCUT2D eigenvalue weighted by Crippen LogP contribution is -1.79. The van der Waals surface area contributed by atoms with Crippen molar-refractivity contribution in [1.82, 2.24) is 0 Å². The summed E-state index contributed by atoms with van der Waals surface area (Å²) in [6, 6.07) is 0. The van der Waals surface area contributed by atoms with Gasteiger partial charge in [-0.1, -0.05) is 62.1 Å². The van der Waals surface area contributed by atoms with Gasteiger partial charge in [-0.2, -0.15) is 0 Å². The fraction of sp³-hybridized carbons (Fsp3) is 0.571. The Hall–Kier alpha value is -0.780. The third-order valence-corrected chi connectivity index (χ3v) is 2.39. The fourth-order valence-electron chi connectivity index (χ4n) is 1.21. The van der Waals surface area contributed by atoms with Crippen molar-refractivity contribution in [3.05, 3.63) is 36.0 Å². The maximum atomic E-state index is 4.04. The summed E-state index contributed by atoms with van der Waals surface area (Å²) >= 11 is 0. The van der Waals surface area contributed by atoms with E-state index in [9.17, 15) is 0 Å². The van der Waals surface area contributed by atoms with Crippen molar-refractivity contribution in [2.24, 2.45) is 0 Å². The standard InChI is InChI=1S/C14H24/c1-5-7-8-9-10-14(4)12-11-13(3)6-2/h6,11-12H,4-5,7-10H2,1-3H3/b12-11-,13-6-. The molecule has 0 saturated heterocycles.